The van der Waals surface area contributed by atoms with E-state index in [0.717, 1.165) is 12.1 Å². The molecule has 0 saturated heterocycles. The van der Waals surface area contributed by atoms with Gasteiger partial charge in [-0.3, -0.25) is 14.5 Å². The second-order valence-corrected chi connectivity index (χ2v) is 6.03. The molecule has 0 aromatic heterocycles. The van der Waals surface area contributed by atoms with Crippen molar-refractivity contribution in [3.63, 3.8) is 0 Å². The molecule has 5 nitrogen and oxygen atoms in total. The van der Waals surface area contributed by atoms with Gasteiger partial charge in [0.2, 0.25) is 6.29 Å². The number of rotatable bonds is 3. The first-order chi connectivity index (χ1) is 11.7. The minimum Gasteiger partial charge on any atom is -0.482 e. The number of hydrogen-bond donors (Lipinski definition) is 0. The Morgan fingerprint density at radius 1 is 1.12 bits per heavy atom. The van der Waals surface area contributed by atoms with Gasteiger partial charge in [-0.2, -0.15) is 0 Å². The van der Waals surface area contributed by atoms with Crippen molar-refractivity contribution >= 4 is 23.6 Å². The summed E-state index contributed by atoms with van der Waals surface area (Å²) in [6.45, 7) is 2.69. The molecule has 2 aromatic rings. The number of carbonyl (C=O) groups is 1. The summed E-state index contributed by atoms with van der Waals surface area (Å²) in [5, 5.41) is 0. The number of carbonyl (C=O) groups excluding carboxylic acids is 2. The minimum atomic E-state index is -0.786. The Hall–Kier alpha value is -2.82. The average Bonchev–Trinajstić information content (AvgIpc) is 3.03. The van der Waals surface area contributed by atoms with Crippen molar-refractivity contribution in [3.8, 4) is 5.75 Å². The van der Waals surface area contributed by atoms with Gasteiger partial charge in [-0.05, 0) is 42.7 Å². The lowest BCUT2D eigenvalue weighted by Crippen LogP contribution is -2.55. The van der Waals surface area contributed by atoms with E-state index < -0.39 is 6.17 Å². The normalized spacial score (nSPS) is 17.1. The summed E-state index contributed by atoms with van der Waals surface area (Å²) in [6.07, 6.45) is 2.15. The summed E-state index contributed by atoms with van der Waals surface area (Å²) in [7, 11) is 0. The van der Waals surface area contributed by atoms with Gasteiger partial charge in [-0.1, -0.05) is 24.3 Å². The van der Waals surface area contributed by atoms with Crippen molar-refractivity contribution in [1.82, 2.24) is 0 Å². The van der Waals surface area contributed by atoms with Crippen molar-refractivity contribution in [2.45, 2.75) is 19.5 Å². The molecule has 2 aliphatic heterocycles. The molecule has 24 heavy (non-hydrogen) atoms. The van der Waals surface area contributed by atoms with Crippen LogP contribution in [0.15, 0.2) is 42.5 Å². The molecule has 0 fully saturated rings. The highest BCUT2D eigenvalue weighted by molar-refractivity contribution is 6.02. The van der Waals surface area contributed by atoms with E-state index in [0.29, 0.717) is 18.0 Å². The zero-order valence-corrected chi connectivity index (χ0v) is 13.4. The van der Waals surface area contributed by atoms with Gasteiger partial charge in [0.1, 0.15) is 5.75 Å². The average molecular weight is 321 g/mol. The predicted octanol–water partition coefficient (Wildman–Crippen LogP) is 2.22. The van der Waals surface area contributed by atoms with Crippen molar-refractivity contribution in [3.05, 3.63) is 53.6 Å². The molecule has 2 heterocycles. The first-order valence-electron chi connectivity index (χ1n) is 7.97. The topological polar surface area (TPSA) is 49.9 Å². The van der Waals surface area contributed by atoms with E-state index in [-0.39, 0.29) is 12.5 Å². The van der Waals surface area contributed by atoms with Gasteiger partial charge in [0, 0.05) is 12.2 Å². The highest BCUT2D eigenvalue weighted by Gasteiger charge is 2.38. The fourth-order valence-electron chi connectivity index (χ4n) is 3.53. The SMILES string of the molecule is Cc1cccc2c1CCN2C([C]=O)N1C(=O)COc2ccccc21. The van der Waals surface area contributed by atoms with Crippen LogP contribution in [0.5, 0.6) is 5.75 Å². The number of para-hydroxylation sites is 2. The van der Waals surface area contributed by atoms with E-state index >= 15 is 0 Å². The zero-order chi connectivity index (χ0) is 16.7. The lowest BCUT2D eigenvalue weighted by atomic mass is 10.1. The summed E-state index contributed by atoms with van der Waals surface area (Å²) in [6, 6.07) is 13.3. The number of amides is 1. The van der Waals surface area contributed by atoms with Gasteiger partial charge >= 0.3 is 0 Å². The van der Waals surface area contributed by atoms with Gasteiger partial charge < -0.3 is 9.64 Å². The highest BCUT2D eigenvalue weighted by Crippen LogP contribution is 2.37. The maximum atomic E-state index is 12.5. The smallest absolute Gasteiger partial charge is 0.267 e. The maximum Gasteiger partial charge on any atom is 0.267 e. The Bertz CT molecular complexity index is 818. The first-order valence-corrected chi connectivity index (χ1v) is 7.97. The van der Waals surface area contributed by atoms with E-state index in [9.17, 15) is 9.59 Å². The molecule has 4 rings (SSSR count). The van der Waals surface area contributed by atoms with Crippen LogP contribution in [0.1, 0.15) is 11.1 Å². The summed E-state index contributed by atoms with van der Waals surface area (Å²) in [5.41, 5.74) is 4.04. The lowest BCUT2D eigenvalue weighted by molar-refractivity contribution is -0.121. The Morgan fingerprint density at radius 2 is 1.92 bits per heavy atom. The maximum absolute atomic E-state index is 12.5. The molecule has 121 valence electrons. The molecule has 2 aliphatic rings. The monoisotopic (exact) mass is 321 g/mol. The number of ether oxygens (including phenoxy) is 1. The van der Waals surface area contributed by atoms with Gasteiger partial charge in [-0.15, -0.1) is 0 Å². The number of anilines is 2. The molecule has 1 atom stereocenters. The molecule has 1 unspecified atom stereocenters. The zero-order valence-electron chi connectivity index (χ0n) is 13.4. The van der Waals surface area contributed by atoms with Crippen LogP contribution < -0.4 is 14.5 Å². The van der Waals surface area contributed by atoms with E-state index in [1.165, 1.54) is 16.0 Å². The van der Waals surface area contributed by atoms with Crippen molar-refractivity contribution in [2.75, 3.05) is 23.0 Å². The Morgan fingerprint density at radius 3 is 2.75 bits per heavy atom. The molecule has 2 aromatic carbocycles. The van der Waals surface area contributed by atoms with Gasteiger partial charge in [0.25, 0.3) is 5.91 Å². The van der Waals surface area contributed by atoms with Crippen LogP contribution >= 0.6 is 0 Å². The first kappa shape index (κ1) is 14.8. The number of aryl methyl sites for hydroxylation is 1. The van der Waals surface area contributed by atoms with E-state index in [2.05, 4.69) is 19.3 Å². The minimum absolute atomic E-state index is 0.0658. The fourth-order valence-corrected chi connectivity index (χ4v) is 3.53. The molecule has 0 saturated carbocycles. The number of benzene rings is 2. The largest absolute Gasteiger partial charge is 0.482 e. The van der Waals surface area contributed by atoms with Crippen molar-refractivity contribution in [2.24, 2.45) is 0 Å². The molecular formula is C19H17N2O3. The Kier molecular flexibility index (Phi) is 3.49. The van der Waals surface area contributed by atoms with Crippen LogP contribution in [0.3, 0.4) is 0 Å². The van der Waals surface area contributed by atoms with Crippen LogP contribution in [-0.4, -0.2) is 31.5 Å². The van der Waals surface area contributed by atoms with Crippen molar-refractivity contribution < 1.29 is 14.3 Å². The van der Waals surface area contributed by atoms with Crippen LogP contribution in [0.25, 0.3) is 0 Å². The van der Waals surface area contributed by atoms with Crippen LogP contribution in [0.4, 0.5) is 11.4 Å². The van der Waals surface area contributed by atoms with Crippen LogP contribution in [0, 0.1) is 6.92 Å². The molecule has 0 aliphatic carbocycles. The summed E-state index contributed by atoms with van der Waals surface area (Å²) >= 11 is 0. The Labute approximate surface area is 140 Å². The van der Waals surface area contributed by atoms with Crippen molar-refractivity contribution in [1.29, 1.82) is 0 Å². The van der Waals surface area contributed by atoms with Crippen LogP contribution in [-0.2, 0) is 16.0 Å². The molecule has 0 N–H and O–H groups in total. The summed E-state index contributed by atoms with van der Waals surface area (Å²) < 4.78 is 5.47. The van der Waals surface area contributed by atoms with E-state index in [4.69, 9.17) is 4.74 Å². The Balaban J connectivity index is 1.77. The summed E-state index contributed by atoms with van der Waals surface area (Å²) in [5.74, 6) is 0.379. The molecule has 0 bridgehead atoms. The number of hydrogen-bond acceptors (Lipinski definition) is 4. The van der Waals surface area contributed by atoms with E-state index in [1.54, 1.807) is 12.1 Å². The van der Waals surface area contributed by atoms with E-state index in [1.807, 2.05) is 29.2 Å². The number of nitrogens with zero attached hydrogens (tertiary/aromatic N) is 2. The standard InChI is InChI=1S/C19H17N2O3/c1-13-5-4-7-15-14(13)9-10-20(15)18(11-22)21-16-6-2-3-8-17(16)24-12-19(21)23/h2-8,18H,9-10,12H2,1H3. The molecule has 1 amide bonds. The predicted molar refractivity (Wildman–Crippen MR) is 91.1 cm³/mol. The quantitative estimate of drug-likeness (QED) is 0.870. The molecule has 5 heteroatoms. The molecular weight excluding hydrogens is 304 g/mol. The second-order valence-electron chi connectivity index (χ2n) is 6.03. The summed E-state index contributed by atoms with van der Waals surface area (Å²) in [4.78, 5) is 27.8. The second kappa shape index (κ2) is 5.67. The van der Waals surface area contributed by atoms with Gasteiger partial charge in [-0.25, -0.2) is 0 Å². The third-order valence-electron chi connectivity index (χ3n) is 4.69. The molecule has 0 spiro atoms. The lowest BCUT2D eigenvalue weighted by Gasteiger charge is -2.38. The van der Waals surface area contributed by atoms with Gasteiger partial charge in [0.05, 0.1) is 5.69 Å². The highest BCUT2D eigenvalue weighted by atomic mass is 16.5. The third kappa shape index (κ3) is 2.16. The fraction of sp³-hybridized carbons (Fsp3) is 0.263. The van der Waals surface area contributed by atoms with Gasteiger partial charge in [0.15, 0.2) is 12.8 Å². The van der Waals surface area contributed by atoms with Crippen LogP contribution in [0.2, 0.25) is 0 Å². The molecule has 1 radical (unpaired) electrons. The number of fused-ring (bicyclic) bond motifs is 2. The third-order valence-corrected chi connectivity index (χ3v) is 4.69.